The van der Waals surface area contributed by atoms with Crippen molar-refractivity contribution < 1.29 is 0 Å². The van der Waals surface area contributed by atoms with E-state index in [-0.39, 0.29) is 5.41 Å². The molecular weight excluding hydrogens is 242 g/mol. The fraction of sp³-hybridized carbons (Fsp3) is 0.684. The highest BCUT2D eigenvalue weighted by atomic mass is 14.9. The fourth-order valence-electron chi connectivity index (χ4n) is 3.83. The molecule has 1 heteroatoms. The van der Waals surface area contributed by atoms with Crippen LogP contribution in [0.2, 0.25) is 0 Å². The predicted octanol–water partition coefficient (Wildman–Crippen LogP) is 4.91. The normalized spacial score (nSPS) is 18.9. The molecule has 1 unspecified atom stereocenters. The van der Waals surface area contributed by atoms with Gasteiger partial charge in [-0.3, -0.25) is 0 Å². The molecule has 0 heterocycles. The summed E-state index contributed by atoms with van der Waals surface area (Å²) in [4.78, 5) is 0. The van der Waals surface area contributed by atoms with Crippen molar-refractivity contribution in [2.45, 2.75) is 70.8 Å². The van der Waals surface area contributed by atoms with Crippen LogP contribution in [0.3, 0.4) is 0 Å². The first-order valence-electron chi connectivity index (χ1n) is 8.45. The molecule has 0 aliphatic heterocycles. The number of hydrogen-bond donors (Lipinski definition) is 1. The lowest BCUT2D eigenvalue weighted by atomic mass is 9.68. The third kappa shape index (κ3) is 3.63. The highest BCUT2D eigenvalue weighted by molar-refractivity contribution is 5.26. The van der Waals surface area contributed by atoms with Crippen LogP contribution in [0, 0.1) is 5.92 Å². The van der Waals surface area contributed by atoms with E-state index >= 15 is 0 Å². The van der Waals surface area contributed by atoms with Gasteiger partial charge in [-0.1, -0.05) is 70.4 Å². The summed E-state index contributed by atoms with van der Waals surface area (Å²) in [6.45, 7) is 8.24. The first-order valence-corrected chi connectivity index (χ1v) is 8.45. The Labute approximate surface area is 125 Å². The summed E-state index contributed by atoms with van der Waals surface area (Å²) in [6, 6.07) is 11.7. The second kappa shape index (κ2) is 7.26. The summed E-state index contributed by atoms with van der Waals surface area (Å²) in [6.07, 6.45) is 8.28. The van der Waals surface area contributed by atoms with Gasteiger partial charge in [-0.25, -0.2) is 0 Å². The zero-order chi connectivity index (χ0) is 14.4. The maximum atomic E-state index is 3.88. The predicted molar refractivity (Wildman–Crippen MR) is 88.1 cm³/mol. The lowest BCUT2D eigenvalue weighted by Gasteiger charge is -2.42. The summed E-state index contributed by atoms with van der Waals surface area (Å²) in [5.41, 5.74) is 1.68. The van der Waals surface area contributed by atoms with Crippen LogP contribution < -0.4 is 5.32 Å². The van der Waals surface area contributed by atoms with Crippen LogP contribution >= 0.6 is 0 Å². The molecular formula is C19H31N. The van der Waals surface area contributed by atoms with Crippen LogP contribution in [0.5, 0.6) is 0 Å². The van der Waals surface area contributed by atoms with E-state index in [1.165, 1.54) is 44.1 Å². The average Bonchev–Trinajstić information content (AvgIpc) is 2.49. The second-order valence-corrected chi connectivity index (χ2v) is 6.92. The van der Waals surface area contributed by atoms with E-state index in [1.54, 1.807) is 0 Å². The SMILES string of the molecule is CCCNC(C1CCCCC1)C(C)(C)c1ccccc1. The second-order valence-electron chi connectivity index (χ2n) is 6.92. The summed E-state index contributed by atoms with van der Waals surface area (Å²) in [7, 11) is 0. The summed E-state index contributed by atoms with van der Waals surface area (Å²) in [5, 5.41) is 3.88. The van der Waals surface area contributed by atoms with Crippen molar-refractivity contribution in [3.05, 3.63) is 35.9 Å². The first kappa shape index (κ1) is 15.6. The van der Waals surface area contributed by atoms with Crippen molar-refractivity contribution in [1.82, 2.24) is 5.32 Å². The largest absolute Gasteiger partial charge is 0.313 e. The minimum Gasteiger partial charge on any atom is -0.313 e. The van der Waals surface area contributed by atoms with Gasteiger partial charge in [0.25, 0.3) is 0 Å². The minimum absolute atomic E-state index is 0.207. The van der Waals surface area contributed by atoms with Crippen molar-refractivity contribution in [1.29, 1.82) is 0 Å². The topological polar surface area (TPSA) is 12.0 Å². The molecule has 1 saturated carbocycles. The molecule has 112 valence electrons. The quantitative estimate of drug-likeness (QED) is 0.776. The summed E-state index contributed by atoms with van der Waals surface area (Å²) >= 11 is 0. The van der Waals surface area contributed by atoms with Crippen LogP contribution in [0.25, 0.3) is 0 Å². The zero-order valence-corrected chi connectivity index (χ0v) is 13.5. The number of nitrogens with one attached hydrogen (secondary N) is 1. The smallest absolute Gasteiger partial charge is 0.0187 e. The minimum atomic E-state index is 0.207. The van der Waals surface area contributed by atoms with Gasteiger partial charge in [0.05, 0.1) is 0 Å². The van der Waals surface area contributed by atoms with Crippen LogP contribution in [-0.4, -0.2) is 12.6 Å². The van der Waals surface area contributed by atoms with Gasteiger partial charge in [-0.05, 0) is 37.3 Å². The number of benzene rings is 1. The third-order valence-electron chi connectivity index (χ3n) is 5.03. The molecule has 20 heavy (non-hydrogen) atoms. The molecule has 0 aromatic heterocycles. The maximum absolute atomic E-state index is 3.88. The lowest BCUT2D eigenvalue weighted by molar-refractivity contribution is 0.197. The molecule has 0 bridgehead atoms. The van der Waals surface area contributed by atoms with Crippen LogP contribution in [0.4, 0.5) is 0 Å². The van der Waals surface area contributed by atoms with Gasteiger partial charge in [-0.15, -0.1) is 0 Å². The monoisotopic (exact) mass is 273 g/mol. The summed E-state index contributed by atoms with van der Waals surface area (Å²) < 4.78 is 0. The Hall–Kier alpha value is -0.820. The van der Waals surface area contributed by atoms with E-state index in [0.29, 0.717) is 6.04 Å². The number of hydrogen-bond acceptors (Lipinski definition) is 1. The Bertz CT molecular complexity index is 376. The van der Waals surface area contributed by atoms with Gasteiger partial charge in [0.1, 0.15) is 0 Å². The van der Waals surface area contributed by atoms with Crippen molar-refractivity contribution in [2.75, 3.05) is 6.54 Å². The van der Waals surface area contributed by atoms with Crippen molar-refractivity contribution in [3.63, 3.8) is 0 Å². The molecule has 0 amide bonds. The van der Waals surface area contributed by atoms with Gasteiger partial charge < -0.3 is 5.32 Å². The van der Waals surface area contributed by atoms with E-state index in [1.807, 2.05) is 0 Å². The van der Waals surface area contributed by atoms with Crippen LogP contribution in [0.15, 0.2) is 30.3 Å². The number of rotatable bonds is 6. The molecule has 1 atom stereocenters. The molecule has 1 aliphatic rings. The molecule has 1 N–H and O–H groups in total. The molecule has 1 aromatic rings. The standard InChI is InChI=1S/C19H31N/c1-4-15-20-18(16-11-7-5-8-12-16)19(2,3)17-13-9-6-10-14-17/h6,9-10,13-14,16,18,20H,4-5,7-8,11-12,15H2,1-3H3. The van der Waals surface area contributed by atoms with Crippen molar-refractivity contribution in [3.8, 4) is 0 Å². The van der Waals surface area contributed by atoms with E-state index < -0.39 is 0 Å². The maximum Gasteiger partial charge on any atom is 0.0187 e. The zero-order valence-electron chi connectivity index (χ0n) is 13.5. The van der Waals surface area contributed by atoms with E-state index in [4.69, 9.17) is 0 Å². The third-order valence-corrected chi connectivity index (χ3v) is 5.03. The van der Waals surface area contributed by atoms with Crippen molar-refractivity contribution in [2.24, 2.45) is 5.92 Å². The molecule has 1 nitrogen and oxygen atoms in total. The molecule has 1 fully saturated rings. The molecule has 1 aromatic carbocycles. The highest BCUT2D eigenvalue weighted by Gasteiger charge is 2.36. The molecule has 1 aliphatic carbocycles. The van der Waals surface area contributed by atoms with Gasteiger partial charge >= 0.3 is 0 Å². The Morgan fingerprint density at radius 1 is 1.10 bits per heavy atom. The Balaban J connectivity index is 2.19. The highest BCUT2D eigenvalue weighted by Crippen LogP contribution is 2.37. The Morgan fingerprint density at radius 3 is 2.35 bits per heavy atom. The molecule has 2 rings (SSSR count). The van der Waals surface area contributed by atoms with E-state index in [9.17, 15) is 0 Å². The van der Waals surface area contributed by atoms with Gasteiger partial charge in [0.2, 0.25) is 0 Å². The molecule has 0 saturated heterocycles. The van der Waals surface area contributed by atoms with Crippen LogP contribution in [0.1, 0.15) is 64.9 Å². The Morgan fingerprint density at radius 2 is 1.75 bits per heavy atom. The molecule has 0 spiro atoms. The van der Waals surface area contributed by atoms with Gasteiger partial charge in [-0.2, -0.15) is 0 Å². The average molecular weight is 273 g/mol. The van der Waals surface area contributed by atoms with Crippen LogP contribution in [-0.2, 0) is 5.41 Å². The van der Waals surface area contributed by atoms with E-state index in [0.717, 1.165) is 12.5 Å². The van der Waals surface area contributed by atoms with Crippen molar-refractivity contribution >= 4 is 0 Å². The molecule has 0 radical (unpaired) electrons. The Kier molecular flexibility index (Phi) is 5.65. The lowest BCUT2D eigenvalue weighted by Crippen LogP contribution is -2.50. The summed E-state index contributed by atoms with van der Waals surface area (Å²) in [5.74, 6) is 0.838. The van der Waals surface area contributed by atoms with Gasteiger partial charge in [0.15, 0.2) is 0 Å². The first-order chi connectivity index (χ1) is 9.66. The fourth-order valence-corrected chi connectivity index (χ4v) is 3.83. The van der Waals surface area contributed by atoms with E-state index in [2.05, 4.69) is 56.4 Å². The van der Waals surface area contributed by atoms with Gasteiger partial charge in [0, 0.05) is 11.5 Å².